The van der Waals surface area contributed by atoms with Crippen molar-refractivity contribution in [3.8, 4) is 0 Å². The van der Waals surface area contributed by atoms with Gasteiger partial charge in [0.25, 0.3) is 5.91 Å². The summed E-state index contributed by atoms with van der Waals surface area (Å²) in [7, 11) is 0. The van der Waals surface area contributed by atoms with Crippen LogP contribution in [0.25, 0.3) is 0 Å². The van der Waals surface area contributed by atoms with E-state index in [9.17, 15) is 14.4 Å². The van der Waals surface area contributed by atoms with E-state index in [-0.39, 0.29) is 17.8 Å². The van der Waals surface area contributed by atoms with Gasteiger partial charge in [-0.25, -0.2) is 0 Å². The molecule has 19 heavy (non-hydrogen) atoms. The molecule has 0 bridgehead atoms. The van der Waals surface area contributed by atoms with Gasteiger partial charge in [0.2, 0.25) is 5.91 Å². The van der Waals surface area contributed by atoms with Gasteiger partial charge in [0, 0.05) is 10.2 Å². The van der Waals surface area contributed by atoms with Crippen molar-refractivity contribution in [2.24, 2.45) is 0 Å². The van der Waals surface area contributed by atoms with Crippen molar-refractivity contribution < 1.29 is 19.5 Å². The van der Waals surface area contributed by atoms with E-state index < -0.39 is 24.3 Å². The van der Waals surface area contributed by atoms with Gasteiger partial charge < -0.3 is 21.5 Å². The van der Waals surface area contributed by atoms with E-state index in [2.05, 4.69) is 26.6 Å². The second-order valence-electron chi connectivity index (χ2n) is 3.58. The average molecular weight is 330 g/mol. The van der Waals surface area contributed by atoms with Crippen molar-refractivity contribution in [2.45, 2.75) is 0 Å². The maximum atomic E-state index is 11.8. The molecule has 0 aromatic heterocycles. The number of anilines is 1. The molecule has 0 aliphatic rings. The summed E-state index contributed by atoms with van der Waals surface area (Å²) in [5.41, 5.74) is 6.16. The minimum absolute atomic E-state index is 0.236. The molecule has 0 saturated heterocycles. The molecule has 5 N–H and O–H groups in total. The predicted octanol–water partition coefficient (Wildman–Crippen LogP) is -0.0381. The first kappa shape index (κ1) is 15.0. The lowest BCUT2D eigenvalue weighted by Gasteiger charge is -2.08. The van der Waals surface area contributed by atoms with Crippen molar-refractivity contribution in [1.82, 2.24) is 10.6 Å². The third kappa shape index (κ3) is 4.96. The summed E-state index contributed by atoms with van der Waals surface area (Å²) in [6.45, 7) is -0.814. The maximum Gasteiger partial charge on any atom is 0.322 e. The number of nitrogens with two attached hydrogens (primary N) is 1. The highest BCUT2D eigenvalue weighted by molar-refractivity contribution is 9.10. The van der Waals surface area contributed by atoms with Crippen LogP contribution in [0, 0.1) is 0 Å². The number of hydrogen-bond acceptors (Lipinski definition) is 4. The Kier molecular flexibility index (Phi) is 5.31. The molecule has 2 amide bonds. The molecule has 0 radical (unpaired) electrons. The van der Waals surface area contributed by atoms with Crippen molar-refractivity contribution in [2.75, 3.05) is 18.8 Å². The van der Waals surface area contributed by atoms with Crippen LogP contribution >= 0.6 is 15.9 Å². The third-order valence-electron chi connectivity index (χ3n) is 2.11. The van der Waals surface area contributed by atoms with Crippen molar-refractivity contribution in [3.63, 3.8) is 0 Å². The van der Waals surface area contributed by atoms with Crippen LogP contribution in [-0.4, -0.2) is 36.0 Å². The van der Waals surface area contributed by atoms with Crippen molar-refractivity contribution in [3.05, 3.63) is 28.2 Å². The van der Waals surface area contributed by atoms with Gasteiger partial charge >= 0.3 is 5.97 Å². The first-order chi connectivity index (χ1) is 8.90. The number of nitrogens with one attached hydrogen (secondary N) is 2. The summed E-state index contributed by atoms with van der Waals surface area (Å²) in [6.07, 6.45) is 0. The molecule has 0 fully saturated rings. The fourth-order valence-electron chi connectivity index (χ4n) is 1.22. The molecule has 0 aliphatic carbocycles. The molecular weight excluding hydrogens is 318 g/mol. The van der Waals surface area contributed by atoms with Crippen LogP contribution in [0.5, 0.6) is 0 Å². The zero-order chi connectivity index (χ0) is 14.4. The summed E-state index contributed by atoms with van der Waals surface area (Å²) >= 11 is 3.21. The Balaban J connectivity index is 2.53. The number of benzene rings is 1. The largest absolute Gasteiger partial charge is 0.480 e. The SMILES string of the molecule is Nc1ccc(Br)cc1C(=O)NCC(=O)NCC(=O)O. The number of aliphatic carboxylic acids is 1. The molecule has 0 heterocycles. The maximum absolute atomic E-state index is 11.8. The van der Waals surface area contributed by atoms with E-state index >= 15 is 0 Å². The number of rotatable bonds is 5. The molecular formula is C11H12BrN3O4. The van der Waals surface area contributed by atoms with Gasteiger partial charge in [-0.05, 0) is 18.2 Å². The van der Waals surface area contributed by atoms with Crippen LogP contribution in [0.3, 0.4) is 0 Å². The molecule has 0 unspecified atom stereocenters. The van der Waals surface area contributed by atoms with Gasteiger partial charge in [0.05, 0.1) is 12.1 Å². The highest BCUT2D eigenvalue weighted by atomic mass is 79.9. The quantitative estimate of drug-likeness (QED) is 0.565. The number of amides is 2. The molecule has 102 valence electrons. The zero-order valence-electron chi connectivity index (χ0n) is 9.77. The van der Waals surface area contributed by atoms with Crippen molar-refractivity contribution >= 4 is 39.4 Å². The Morgan fingerprint density at radius 3 is 2.53 bits per heavy atom. The molecule has 0 spiro atoms. The number of carbonyl (C=O) groups is 3. The number of carbonyl (C=O) groups excluding carboxylic acids is 2. The molecule has 0 aliphatic heterocycles. The Bertz CT molecular complexity index is 519. The van der Waals surface area contributed by atoms with Crippen LogP contribution in [-0.2, 0) is 9.59 Å². The van der Waals surface area contributed by atoms with Gasteiger partial charge in [-0.15, -0.1) is 0 Å². The molecule has 8 heteroatoms. The lowest BCUT2D eigenvalue weighted by Crippen LogP contribution is -2.39. The van der Waals surface area contributed by atoms with E-state index in [1.807, 2.05) is 0 Å². The molecule has 1 rings (SSSR count). The number of halogens is 1. The summed E-state index contributed by atoms with van der Waals surface area (Å²) in [5.74, 6) is -2.26. The fraction of sp³-hybridized carbons (Fsp3) is 0.182. The van der Waals surface area contributed by atoms with E-state index in [4.69, 9.17) is 10.8 Å². The number of carboxylic acids is 1. The lowest BCUT2D eigenvalue weighted by molar-refractivity contribution is -0.137. The minimum Gasteiger partial charge on any atom is -0.480 e. The molecule has 1 aromatic carbocycles. The van der Waals surface area contributed by atoms with E-state index in [0.717, 1.165) is 0 Å². The summed E-state index contributed by atoms with van der Waals surface area (Å²) in [4.78, 5) is 33.2. The smallest absolute Gasteiger partial charge is 0.322 e. The topological polar surface area (TPSA) is 122 Å². The molecule has 0 atom stereocenters. The summed E-state index contributed by atoms with van der Waals surface area (Å²) in [6, 6.07) is 4.77. The first-order valence-corrected chi connectivity index (χ1v) is 6.01. The lowest BCUT2D eigenvalue weighted by atomic mass is 10.1. The van der Waals surface area contributed by atoms with Gasteiger partial charge in [-0.1, -0.05) is 15.9 Å². The fourth-order valence-corrected chi connectivity index (χ4v) is 1.58. The Morgan fingerprint density at radius 2 is 1.89 bits per heavy atom. The Labute approximate surface area is 117 Å². The highest BCUT2D eigenvalue weighted by Crippen LogP contribution is 2.18. The summed E-state index contributed by atoms with van der Waals surface area (Å²) < 4.78 is 0.683. The predicted molar refractivity (Wildman–Crippen MR) is 71.5 cm³/mol. The van der Waals surface area contributed by atoms with Crippen LogP contribution in [0.1, 0.15) is 10.4 Å². The normalized spacial score (nSPS) is 9.74. The molecule has 1 aromatic rings. The standard InChI is InChI=1S/C11H12BrN3O4/c12-6-1-2-8(13)7(3-6)11(19)15-4-9(16)14-5-10(17)18/h1-3H,4-5,13H2,(H,14,16)(H,15,19)(H,17,18). The number of carboxylic acid groups (broad SMARTS) is 1. The number of nitrogen functional groups attached to an aromatic ring is 1. The van der Waals surface area contributed by atoms with Crippen LogP contribution in [0.4, 0.5) is 5.69 Å². The first-order valence-electron chi connectivity index (χ1n) is 5.22. The van der Waals surface area contributed by atoms with E-state index in [1.165, 1.54) is 6.07 Å². The van der Waals surface area contributed by atoms with E-state index in [1.54, 1.807) is 12.1 Å². The van der Waals surface area contributed by atoms with E-state index in [0.29, 0.717) is 4.47 Å². The van der Waals surface area contributed by atoms with Gasteiger partial charge in [0.15, 0.2) is 0 Å². The number of hydrogen-bond donors (Lipinski definition) is 4. The van der Waals surface area contributed by atoms with Crippen LogP contribution in [0.15, 0.2) is 22.7 Å². The highest BCUT2D eigenvalue weighted by Gasteiger charge is 2.11. The van der Waals surface area contributed by atoms with Gasteiger partial charge in [0.1, 0.15) is 6.54 Å². The zero-order valence-corrected chi connectivity index (χ0v) is 11.4. The monoisotopic (exact) mass is 329 g/mol. The third-order valence-corrected chi connectivity index (χ3v) is 2.60. The van der Waals surface area contributed by atoms with Crippen LogP contribution in [0.2, 0.25) is 0 Å². The average Bonchev–Trinajstić information content (AvgIpc) is 2.36. The minimum atomic E-state index is -1.16. The second kappa shape index (κ2) is 6.74. The van der Waals surface area contributed by atoms with Crippen LogP contribution < -0.4 is 16.4 Å². The Hall–Kier alpha value is -2.09. The van der Waals surface area contributed by atoms with Crippen molar-refractivity contribution in [1.29, 1.82) is 0 Å². The van der Waals surface area contributed by atoms with Gasteiger partial charge in [-0.2, -0.15) is 0 Å². The molecule has 7 nitrogen and oxygen atoms in total. The van der Waals surface area contributed by atoms with Gasteiger partial charge in [-0.3, -0.25) is 14.4 Å². The molecule has 0 saturated carbocycles. The summed E-state index contributed by atoms with van der Waals surface area (Å²) in [5, 5.41) is 12.8. The second-order valence-corrected chi connectivity index (χ2v) is 4.50. The Morgan fingerprint density at radius 1 is 1.21 bits per heavy atom.